The Hall–Kier alpha value is -5.76. The van der Waals surface area contributed by atoms with E-state index in [-0.39, 0.29) is 34.5 Å². The molecule has 0 heterocycles. The van der Waals surface area contributed by atoms with Gasteiger partial charge in [-0.05, 0) is 85.0 Å². The van der Waals surface area contributed by atoms with Crippen molar-refractivity contribution >= 4 is 43.1 Å². The second-order valence-corrected chi connectivity index (χ2v) is 12.5. The summed E-state index contributed by atoms with van der Waals surface area (Å²) in [6.45, 7) is 7.81. The molecule has 0 fully saturated rings. The normalized spacial score (nSPS) is 11.4. The Balaban J connectivity index is 1.77. The Morgan fingerprint density at radius 1 is 0.500 bits per heavy atom. The zero-order chi connectivity index (χ0) is 34.6. The van der Waals surface area contributed by atoms with Gasteiger partial charge in [-0.2, -0.15) is 0 Å². The Labute approximate surface area is 277 Å². The van der Waals surface area contributed by atoms with Crippen LogP contribution in [0.2, 0.25) is 0 Å². The molecule has 0 aliphatic heterocycles. The van der Waals surface area contributed by atoms with Gasteiger partial charge in [0.05, 0.1) is 14.2 Å². The fraction of sp³-hybridized carbons (Fsp3) is 0.200. The summed E-state index contributed by atoms with van der Waals surface area (Å²) >= 11 is 0. The monoisotopic (exact) mass is 646 g/mol. The third-order valence-electron chi connectivity index (χ3n) is 8.96. The van der Waals surface area contributed by atoms with Crippen LogP contribution in [-0.4, -0.2) is 44.9 Å². The predicted molar refractivity (Wildman–Crippen MR) is 191 cm³/mol. The Morgan fingerprint density at radius 2 is 0.854 bits per heavy atom. The molecule has 0 spiro atoms. The van der Waals surface area contributed by atoms with E-state index >= 15 is 0 Å². The van der Waals surface area contributed by atoms with Gasteiger partial charge in [-0.15, -0.1) is 0 Å². The second kappa shape index (κ2) is 12.1. The number of rotatable bonds is 7. The molecule has 6 aromatic carbocycles. The zero-order valence-electron chi connectivity index (χ0n) is 27.7. The summed E-state index contributed by atoms with van der Waals surface area (Å²) in [6, 6.07) is 13.2. The van der Waals surface area contributed by atoms with E-state index in [4.69, 9.17) is 9.47 Å². The number of phenols is 6. The van der Waals surface area contributed by atoms with E-state index in [0.29, 0.717) is 89.7 Å². The van der Waals surface area contributed by atoms with Crippen LogP contribution < -0.4 is 9.47 Å². The van der Waals surface area contributed by atoms with Crippen molar-refractivity contribution in [2.24, 2.45) is 0 Å². The number of benzene rings is 6. The van der Waals surface area contributed by atoms with E-state index in [1.807, 2.05) is 64.1 Å². The molecule has 0 aliphatic rings. The summed E-state index contributed by atoms with van der Waals surface area (Å²) < 4.78 is 11.7. The largest absolute Gasteiger partial charge is 0.507 e. The second-order valence-electron chi connectivity index (χ2n) is 12.5. The molecule has 0 saturated carbocycles. The van der Waals surface area contributed by atoms with E-state index in [2.05, 4.69) is 0 Å². The molecular formula is C40H38O8. The molecule has 0 aromatic heterocycles. The molecule has 0 amide bonds. The van der Waals surface area contributed by atoms with Crippen molar-refractivity contribution in [1.82, 2.24) is 0 Å². The Kier molecular flexibility index (Phi) is 8.13. The van der Waals surface area contributed by atoms with Crippen LogP contribution in [-0.2, 0) is 12.8 Å². The van der Waals surface area contributed by atoms with E-state index in [0.717, 1.165) is 11.1 Å². The van der Waals surface area contributed by atoms with Crippen molar-refractivity contribution < 1.29 is 40.1 Å². The number of aromatic hydroxyl groups is 6. The molecular weight excluding hydrogens is 608 g/mol. The minimum Gasteiger partial charge on any atom is -0.507 e. The van der Waals surface area contributed by atoms with Crippen LogP contribution in [0.5, 0.6) is 46.0 Å². The van der Waals surface area contributed by atoms with E-state index in [9.17, 15) is 30.6 Å². The summed E-state index contributed by atoms with van der Waals surface area (Å²) in [5, 5.41) is 70.6. The molecule has 0 aliphatic carbocycles. The van der Waals surface area contributed by atoms with E-state index in [1.54, 1.807) is 0 Å². The van der Waals surface area contributed by atoms with Crippen molar-refractivity contribution in [1.29, 1.82) is 0 Å². The first kappa shape index (κ1) is 32.2. The zero-order valence-corrected chi connectivity index (χ0v) is 27.7. The molecule has 0 saturated heterocycles. The standard InChI is InChI=1S/C40H38O8/c1-19(2)7-9-23-21-11-13-25-35(27(21)15-31(43)39(23)45)29(41)17-33(47-5)37(25)38-26-14-12-22-24(10-8-20(3)4)40(46)32(44)16-28(22)36(26)30(42)18-34(38)48-6/h7-8,11-18,41-46H,9-10H2,1-6H3. The number of ether oxygens (including phenoxy) is 2. The van der Waals surface area contributed by atoms with Gasteiger partial charge in [0.25, 0.3) is 0 Å². The SMILES string of the molecule is COc1cc(O)c2c(ccc3c(CC=C(C)C)c(O)c(O)cc32)c1-c1c(OC)cc(O)c2c1ccc1c(CC=C(C)C)c(O)c(O)cc12. The third-order valence-corrected chi connectivity index (χ3v) is 8.96. The van der Waals surface area contributed by atoms with Crippen LogP contribution >= 0.6 is 0 Å². The number of fused-ring (bicyclic) bond motifs is 6. The lowest BCUT2D eigenvalue weighted by Gasteiger charge is -2.21. The molecule has 6 N–H and O–H groups in total. The van der Waals surface area contributed by atoms with Crippen molar-refractivity contribution in [3.8, 4) is 57.1 Å². The first-order valence-electron chi connectivity index (χ1n) is 15.5. The third kappa shape index (κ3) is 5.10. The highest BCUT2D eigenvalue weighted by Gasteiger charge is 2.26. The van der Waals surface area contributed by atoms with Gasteiger partial charge in [-0.25, -0.2) is 0 Å². The van der Waals surface area contributed by atoms with E-state index < -0.39 is 0 Å². The van der Waals surface area contributed by atoms with Gasteiger partial charge in [0.15, 0.2) is 23.0 Å². The van der Waals surface area contributed by atoms with Crippen LogP contribution in [0.15, 0.2) is 71.8 Å². The maximum atomic E-state index is 11.5. The molecule has 0 unspecified atom stereocenters. The first-order valence-corrected chi connectivity index (χ1v) is 15.5. The number of phenolic OH excluding ortho intramolecular Hbond substituents is 6. The van der Waals surface area contributed by atoms with E-state index in [1.165, 1.54) is 38.5 Å². The van der Waals surface area contributed by atoms with Crippen molar-refractivity contribution in [2.75, 3.05) is 14.2 Å². The minimum atomic E-state index is -0.310. The predicted octanol–water partition coefficient (Wildman–Crippen LogP) is 9.23. The topological polar surface area (TPSA) is 140 Å². The average molecular weight is 647 g/mol. The summed E-state index contributed by atoms with van der Waals surface area (Å²) in [7, 11) is 2.99. The Morgan fingerprint density at radius 3 is 1.19 bits per heavy atom. The molecule has 0 atom stereocenters. The van der Waals surface area contributed by atoms with Crippen LogP contribution in [0.4, 0.5) is 0 Å². The molecule has 0 radical (unpaired) electrons. The summed E-state index contributed by atoms with van der Waals surface area (Å²) in [4.78, 5) is 0. The molecule has 8 heteroatoms. The summed E-state index contributed by atoms with van der Waals surface area (Å²) in [5.74, 6) is -0.582. The first-order chi connectivity index (χ1) is 22.9. The molecule has 48 heavy (non-hydrogen) atoms. The summed E-state index contributed by atoms with van der Waals surface area (Å²) in [5.41, 5.74) is 4.26. The fourth-order valence-corrected chi connectivity index (χ4v) is 6.67. The Bertz CT molecular complexity index is 2190. The molecule has 6 rings (SSSR count). The van der Waals surface area contributed by atoms with Gasteiger partial charge < -0.3 is 40.1 Å². The van der Waals surface area contributed by atoms with Gasteiger partial charge in [-0.1, -0.05) is 47.6 Å². The number of allylic oxidation sites excluding steroid dienone is 4. The van der Waals surface area contributed by atoms with Crippen molar-refractivity contribution in [2.45, 2.75) is 40.5 Å². The van der Waals surface area contributed by atoms with Gasteiger partial charge in [0, 0.05) is 45.2 Å². The van der Waals surface area contributed by atoms with Gasteiger partial charge >= 0.3 is 0 Å². The number of hydrogen-bond donors (Lipinski definition) is 6. The van der Waals surface area contributed by atoms with Crippen LogP contribution in [0.1, 0.15) is 38.8 Å². The minimum absolute atomic E-state index is 0.0914. The number of hydrogen-bond acceptors (Lipinski definition) is 8. The smallest absolute Gasteiger partial charge is 0.161 e. The number of methoxy groups -OCH3 is 2. The van der Waals surface area contributed by atoms with Gasteiger partial charge in [0.2, 0.25) is 0 Å². The highest BCUT2D eigenvalue weighted by molar-refractivity contribution is 6.23. The van der Waals surface area contributed by atoms with Crippen LogP contribution in [0, 0.1) is 0 Å². The fourth-order valence-electron chi connectivity index (χ4n) is 6.67. The van der Waals surface area contributed by atoms with Gasteiger partial charge in [-0.3, -0.25) is 0 Å². The molecule has 0 bridgehead atoms. The molecule has 8 nitrogen and oxygen atoms in total. The van der Waals surface area contributed by atoms with Crippen LogP contribution in [0.25, 0.3) is 54.2 Å². The van der Waals surface area contributed by atoms with Crippen molar-refractivity contribution in [3.05, 3.63) is 83.0 Å². The maximum absolute atomic E-state index is 11.5. The van der Waals surface area contributed by atoms with Crippen LogP contribution in [0.3, 0.4) is 0 Å². The highest BCUT2D eigenvalue weighted by atomic mass is 16.5. The molecule has 6 aromatic rings. The lowest BCUT2D eigenvalue weighted by molar-refractivity contribution is 0.401. The quantitative estimate of drug-likeness (QED) is 0.0573. The lowest BCUT2D eigenvalue weighted by atomic mass is 9.86. The van der Waals surface area contributed by atoms with Crippen molar-refractivity contribution in [3.63, 3.8) is 0 Å². The van der Waals surface area contributed by atoms with Gasteiger partial charge in [0.1, 0.15) is 23.0 Å². The highest BCUT2D eigenvalue weighted by Crippen LogP contribution is 2.53. The molecule has 246 valence electrons. The summed E-state index contributed by atoms with van der Waals surface area (Å²) in [6.07, 6.45) is 4.65. The maximum Gasteiger partial charge on any atom is 0.161 e. The lowest BCUT2D eigenvalue weighted by Crippen LogP contribution is -1.97. The average Bonchev–Trinajstić information content (AvgIpc) is 3.04.